The zero-order chi connectivity index (χ0) is 28.7. The Hall–Kier alpha value is -4.06. The van der Waals surface area contributed by atoms with Gasteiger partial charge in [-0.15, -0.1) is 0 Å². The SMILES string of the molecule is COc1cccc(N2C(=O)C(=O)/C(=C(/O)c3cc(C(C)(C)C)ccc3OC)C2c2ccc(C(C)(C)C)cc2)c1. The number of carbonyl (C=O) groups is 2. The van der Waals surface area contributed by atoms with Crippen LogP contribution in [0.25, 0.3) is 5.76 Å². The third-order valence-corrected chi connectivity index (χ3v) is 7.19. The molecule has 1 atom stereocenters. The first kappa shape index (κ1) is 28.0. The molecular formula is C33H37NO5. The van der Waals surface area contributed by atoms with Gasteiger partial charge in [-0.25, -0.2) is 0 Å². The third kappa shape index (κ3) is 5.29. The summed E-state index contributed by atoms with van der Waals surface area (Å²) >= 11 is 0. The Morgan fingerprint density at radius 3 is 1.97 bits per heavy atom. The number of aliphatic hydroxyl groups is 1. The molecule has 1 saturated heterocycles. The average molecular weight is 528 g/mol. The van der Waals surface area contributed by atoms with Gasteiger partial charge >= 0.3 is 0 Å². The number of aliphatic hydroxyl groups excluding tert-OH is 1. The van der Waals surface area contributed by atoms with E-state index in [9.17, 15) is 14.7 Å². The van der Waals surface area contributed by atoms with Crippen LogP contribution in [0.5, 0.6) is 11.5 Å². The molecule has 6 nitrogen and oxygen atoms in total. The van der Waals surface area contributed by atoms with Crippen LogP contribution in [0.4, 0.5) is 5.69 Å². The molecule has 0 spiro atoms. The maximum Gasteiger partial charge on any atom is 0.300 e. The summed E-state index contributed by atoms with van der Waals surface area (Å²) in [7, 11) is 3.06. The van der Waals surface area contributed by atoms with E-state index in [1.165, 1.54) is 12.0 Å². The van der Waals surface area contributed by atoms with Crippen LogP contribution in [0.15, 0.2) is 72.3 Å². The first-order valence-electron chi connectivity index (χ1n) is 13.0. The van der Waals surface area contributed by atoms with Crippen LogP contribution in [-0.4, -0.2) is 31.0 Å². The minimum Gasteiger partial charge on any atom is -0.507 e. The van der Waals surface area contributed by atoms with Crippen molar-refractivity contribution in [3.05, 3.63) is 94.6 Å². The maximum absolute atomic E-state index is 13.7. The fourth-order valence-electron chi connectivity index (χ4n) is 4.84. The standard InChI is InChI=1S/C33H37NO5/c1-32(2,3)21-14-12-20(13-15-21)28-27(29(35)25-18-22(33(4,5)6)16-17-26(25)39-8)30(36)31(37)34(28)23-10-9-11-24(19-23)38-7/h9-19,28,35H,1-8H3/b29-27+. The molecule has 1 heterocycles. The van der Waals surface area contributed by atoms with Gasteiger partial charge in [-0.1, -0.05) is 77.9 Å². The molecule has 1 fully saturated rings. The molecule has 1 aliphatic heterocycles. The molecule has 1 amide bonds. The zero-order valence-corrected chi connectivity index (χ0v) is 24.0. The van der Waals surface area contributed by atoms with Crippen molar-refractivity contribution in [1.82, 2.24) is 0 Å². The number of benzene rings is 3. The summed E-state index contributed by atoms with van der Waals surface area (Å²) in [4.78, 5) is 28.7. The van der Waals surface area contributed by atoms with Crippen molar-refractivity contribution in [1.29, 1.82) is 0 Å². The zero-order valence-electron chi connectivity index (χ0n) is 24.0. The smallest absolute Gasteiger partial charge is 0.300 e. The van der Waals surface area contributed by atoms with Crippen molar-refractivity contribution in [2.24, 2.45) is 0 Å². The van der Waals surface area contributed by atoms with E-state index in [1.807, 2.05) is 36.4 Å². The first-order chi connectivity index (χ1) is 18.3. The summed E-state index contributed by atoms with van der Waals surface area (Å²) in [6, 6.07) is 19.5. The number of carbonyl (C=O) groups excluding carboxylic acids is 2. The van der Waals surface area contributed by atoms with E-state index >= 15 is 0 Å². The number of amides is 1. The van der Waals surface area contributed by atoms with Crippen LogP contribution in [-0.2, 0) is 20.4 Å². The van der Waals surface area contributed by atoms with Crippen LogP contribution in [0.3, 0.4) is 0 Å². The molecule has 0 aliphatic carbocycles. The van der Waals surface area contributed by atoms with Crippen LogP contribution in [0, 0.1) is 0 Å². The van der Waals surface area contributed by atoms with Gasteiger partial charge in [0.05, 0.1) is 31.4 Å². The van der Waals surface area contributed by atoms with Crippen molar-refractivity contribution in [3.63, 3.8) is 0 Å². The number of ketones is 1. The highest BCUT2D eigenvalue weighted by atomic mass is 16.5. The van der Waals surface area contributed by atoms with Crippen LogP contribution >= 0.6 is 0 Å². The van der Waals surface area contributed by atoms with Crippen LogP contribution in [0.1, 0.15) is 69.8 Å². The van der Waals surface area contributed by atoms with Gasteiger partial charge in [0.2, 0.25) is 0 Å². The Balaban J connectivity index is 1.99. The van der Waals surface area contributed by atoms with Crippen molar-refractivity contribution in [2.45, 2.75) is 58.4 Å². The van der Waals surface area contributed by atoms with E-state index in [0.717, 1.165) is 11.1 Å². The summed E-state index contributed by atoms with van der Waals surface area (Å²) in [6.45, 7) is 12.6. The lowest BCUT2D eigenvalue weighted by molar-refractivity contribution is -0.132. The van der Waals surface area contributed by atoms with Gasteiger partial charge in [0.25, 0.3) is 11.7 Å². The molecule has 6 heteroatoms. The van der Waals surface area contributed by atoms with E-state index in [-0.39, 0.29) is 22.2 Å². The van der Waals surface area contributed by atoms with E-state index in [0.29, 0.717) is 28.3 Å². The predicted molar refractivity (Wildman–Crippen MR) is 155 cm³/mol. The van der Waals surface area contributed by atoms with Crippen molar-refractivity contribution in [2.75, 3.05) is 19.1 Å². The minimum absolute atomic E-state index is 0.00990. The quantitative estimate of drug-likeness (QED) is 0.221. The van der Waals surface area contributed by atoms with E-state index in [1.54, 1.807) is 37.4 Å². The second-order valence-corrected chi connectivity index (χ2v) is 11.9. The molecule has 4 rings (SSSR count). The summed E-state index contributed by atoms with van der Waals surface area (Å²) in [5.74, 6) is -0.790. The number of nitrogens with zero attached hydrogens (tertiary/aromatic N) is 1. The molecule has 39 heavy (non-hydrogen) atoms. The normalized spacial score (nSPS) is 17.4. The Kier molecular flexibility index (Phi) is 7.35. The van der Waals surface area contributed by atoms with E-state index < -0.39 is 17.7 Å². The molecular weight excluding hydrogens is 490 g/mol. The number of Topliss-reactive ketones (excluding diaryl/α,β-unsaturated/α-hetero) is 1. The molecule has 0 bridgehead atoms. The van der Waals surface area contributed by atoms with Gasteiger partial charge in [0, 0.05) is 11.8 Å². The summed E-state index contributed by atoms with van der Waals surface area (Å²) in [5, 5.41) is 11.8. The molecule has 1 N–H and O–H groups in total. The monoisotopic (exact) mass is 527 g/mol. The molecule has 1 unspecified atom stereocenters. The van der Waals surface area contributed by atoms with Crippen LogP contribution in [0.2, 0.25) is 0 Å². The Labute approximate surface area is 230 Å². The Morgan fingerprint density at radius 2 is 1.41 bits per heavy atom. The first-order valence-corrected chi connectivity index (χ1v) is 13.0. The molecule has 3 aromatic carbocycles. The number of hydrogen-bond donors (Lipinski definition) is 1. The molecule has 1 aliphatic rings. The highest BCUT2D eigenvalue weighted by Crippen LogP contribution is 2.44. The van der Waals surface area contributed by atoms with Gasteiger partial charge in [-0.3, -0.25) is 14.5 Å². The topological polar surface area (TPSA) is 76.1 Å². The number of rotatable bonds is 5. The Bertz CT molecular complexity index is 1440. The molecule has 3 aromatic rings. The number of methoxy groups -OCH3 is 2. The number of hydrogen-bond acceptors (Lipinski definition) is 5. The van der Waals surface area contributed by atoms with Gasteiger partial charge in [-0.2, -0.15) is 0 Å². The average Bonchev–Trinajstić information content (AvgIpc) is 3.17. The summed E-state index contributed by atoms with van der Waals surface area (Å²) in [6.07, 6.45) is 0. The van der Waals surface area contributed by atoms with Crippen LogP contribution < -0.4 is 14.4 Å². The number of anilines is 1. The van der Waals surface area contributed by atoms with Gasteiger partial charge in [0.15, 0.2) is 0 Å². The van der Waals surface area contributed by atoms with E-state index in [2.05, 4.69) is 41.5 Å². The van der Waals surface area contributed by atoms with Crippen molar-refractivity contribution in [3.8, 4) is 11.5 Å². The van der Waals surface area contributed by atoms with Crippen molar-refractivity contribution < 1.29 is 24.2 Å². The largest absolute Gasteiger partial charge is 0.507 e. The van der Waals surface area contributed by atoms with Gasteiger partial charge in [-0.05, 0) is 51.8 Å². The lowest BCUT2D eigenvalue weighted by atomic mass is 9.84. The lowest BCUT2D eigenvalue weighted by Crippen LogP contribution is -2.29. The molecule has 0 radical (unpaired) electrons. The fourth-order valence-corrected chi connectivity index (χ4v) is 4.84. The summed E-state index contributed by atoms with van der Waals surface area (Å²) in [5.41, 5.74) is 3.36. The molecule has 204 valence electrons. The fraction of sp³-hybridized carbons (Fsp3) is 0.333. The highest BCUT2D eigenvalue weighted by Gasteiger charge is 2.47. The maximum atomic E-state index is 13.7. The summed E-state index contributed by atoms with van der Waals surface area (Å²) < 4.78 is 11.0. The minimum atomic E-state index is -0.853. The lowest BCUT2D eigenvalue weighted by Gasteiger charge is -2.27. The molecule has 0 aromatic heterocycles. The second-order valence-electron chi connectivity index (χ2n) is 11.9. The second kappa shape index (κ2) is 10.3. The molecule has 0 saturated carbocycles. The number of ether oxygens (including phenoxy) is 2. The third-order valence-electron chi connectivity index (χ3n) is 7.19. The predicted octanol–water partition coefficient (Wildman–Crippen LogP) is 6.93. The Morgan fingerprint density at radius 1 is 0.795 bits per heavy atom. The van der Waals surface area contributed by atoms with E-state index in [4.69, 9.17) is 9.47 Å². The van der Waals surface area contributed by atoms with Gasteiger partial charge < -0.3 is 14.6 Å². The van der Waals surface area contributed by atoms with Gasteiger partial charge in [0.1, 0.15) is 17.3 Å². The highest BCUT2D eigenvalue weighted by molar-refractivity contribution is 6.51. The van der Waals surface area contributed by atoms with Crippen molar-refractivity contribution >= 4 is 23.1 Å².